The van der Waals surface area contributed by atoms with Crippen molar-refractivity contribution >= 4 is 5.91 Å². The van der Waals surface area contributed by atoms with E-state index in [4.69, 9.17) is 4.74 Å². The third-order valence-electron chi connectivity index (χ3n) is 2.51. The van der Waals surface area contributed by atoms with Crippen LogP contribution in [-0.2, 0) is 4.79 Å². The van der Waals surface area contributed by atoms with Crippen molar-refractivity contribution in [3.63, 3.8) is 0 Å². The summed E-state index contributed by atoms with van der Waals surface area (Å²) in [7, 11) is 3.31. The van der Waals surface area contributed by atoms with Gasteiger partial charge in [-0.15, -0.1) is 0 Å². The van der Waals surface area contributed by atoms with Crippen LogP contribution in [0.5, 0.6) is 5.75 Å². The van der Waals surface area contributed by atoms with Gasteiger partial charge in [-0.2, -0.15) is 0 Å². The number of nitrogens with zero attached hydrogens (tertiary/aromatic N) is 1. The van der Waals surface area contributed by atoms with Gasteiger partial charge in [0.15, 0.2) is 11.6 Å². The van der Waals surface area contributed by atoms with E-state index in [0.717, 1.165) is 0 Å². The van der Waals surface area contributed by atoms with Gasteiger partial charge in [0, 0.05) is 14.1 Å². The number of amides is 1. The zero-order valence-corrected chi connectivity index (χ0v) is 10.8. The van der Waals surface area contributed by atoms with Crippen LogP contribution in [-0.4, -0.2) is 36.6 Å². The number of halogens is 1. The van der Waals surface area contributed by atoms with Gasteiger partial charge in [-0.3, -0.25) is 4.79 Å². The van der Waals surface area contributed by atoms with Gasteiger partial charge < -0.3 is 14.7 Å². The minimum Gasteiger partial charge on any atom is -0.490 e. The standard InChI is InChI=1S/C13H18FNO3/c1-9(16)10-4-5-12(11(14)8-10)18-7-6-13(17)15(2)3/h4-5,8-9,16H,6-7H2,1-3H3/t9-/m0/s1. The summed E-state index contributed by atoms with van der Waals surface area (Å²) in [5.74, 6) is -0.521. The molecule has 0 spiro atoms. The summed E-state index contributed by atoms with van der Waals surface area (Å²) >= 11 is 0. The first-order valence-electron chi connectivity index (χ1n) is 5.72. The van der Waals surface area contributed by atoms with Crippen molar-refractivity contribution in [2.75, 3.05) is 20.7 Å². The fourth-order valence-corrected chi connectivity index (χ4v) is 1.37. The fourth-order valence-electron chi connectivity index (χ4n) is 1.37. The molecule has 100 valence electrons. The maximum atomic E-state index is 13.6. The van der Waals surface area contributed by atoms with Crippen LogP contribution in [0, 0.1) is 5.82 Å². The Morgan fingerprint density at radius 3 is 2.67 bits per heavy atom. The molecule has 0 saturated heterocycles. The Morgan fingerprint density at radius 2 is 2.17 bits per heavy atom. The summed E-state index contributed by atoms with van der Waals surface area (Å²) in [6, 6.07) is 4.28. The molecular formula is C13H18FNO3. The third kappa shape index (κ3) is 4.00. The van der Waals surface area contributed by atoms with Crippen molar-refractivity contribution in [2.24, 2.45) is 0 Å². The van der Waals surface area contributed by atoms with Crippen LogP contribution in [0.15, 0.2) is 18.2 Å². The van der Waals surface area contributed by atoms with Crippen LogP contribution in [0.1, 0.15) is 25.0 Å². The summed E-state index contributed by atoms with van der Waals surface area (Å²) in [5, 5.41) is 9.29. The second-order valence-corrected chi connectivity index (χ2v) is 4.25. The predicted octanol–water partition coefficient (Wildman–Crippen LogP) is 1.74. The highest BCUT2D eigenvalue weighted by atomic mass is 19.1. The molecule has 1 atom stereocenters. The number of ether oxygens (including phenoxy) is 1. The van der Waals surface area contributed by atoms with Gasteiger partial charge in [-0.1, -0.05) is 6.07 Å². The predicted molar refractivity (Wildman–Crippen MR) is 65.8 cm³/mol. The molecule has 0 radical (unpaired) electrons. The SMILES string of the molecule is C[C@H](O)c1ccc(OCCC(=O)N(C)C)c(F)c1. The van der Waals surface area contributed by atoms with E-state index >= 15 is 0 Å². The molecule has 4 nitrogen and oxygen atoms in total. The van der Waals surface area contributed by atoms with Gasteiger partial charge in [0.2, 0.25) is 5.91 Å². The Hall–Kier alpha value is -1.62. The maximum Gasteiger partial charge on any atom is 0.225 e. The Balaban J connectivity index is 2.56. The van der Waals surface area contributed by atoms with E-state index in [0.29, 0.717) is 5.56 Å². The lowest BCUT2D eigenvalue weighted by Gasteiger charge is -2.12. The second kappa shape index (κ2) is 6.35. The molecule has 0 fully saturated rings. The number of benzene rings is 1. The van der Waals surface area contributed by atoms with Crippen molar-refractivity contribution in [2.45, 2.75) is 19.4 Å². The summed E-state index contributed by atoms with van der Waals surface area (Å²) < 4.78 is 18.8. The van der Waals surface area contributed by atoms with E-state index in [1.54, 1.807) is 27.1 Å². The summed E-state index contributed by atoms with van der Waals surface area (Å²) in [5.41, 5.74) is 0.490. The largest absolute Gasteiger partial charge is 0.490 e. The molecule has 18 heavy (non-hydrogen) atoms. The number of carbonyl (C=O) groups excluding carboxylic acids is 1. The van der Waals surface area contributed by atoms with Gasteiger partial charge in [-0.05, 0) is 24.6 Å². The van der Waals surface area contributed by atoms with Crippen LogP contribution in [0.2, 0.25) is 0 Å². The molecule has 0 aliphatic carbocycles. The van der Waals surface area contributed by atoms with E-state index in [9.17, 15) is 14.3 Å². The number of aliphatic hydroxyl groups excluding tert-OH is 1. The van der Waals surface area contributed by atoms with Crippen LogP contribution in [0.25, 0.3) is 0 Å². The van der Waals surface area contributed by atoms with Crippen LogP contribution in [0.4, 0.5) is 4.39 Å². The number of rotatable bonds is 5. The van der Waals surface area contributed by atoms with E-state index in [1.165, 1.54) is 17.0 Å². The molecule has 0 saturated carbocycles. The van der Waals surface area contributed by atoms with Crippen LogP contribution >= 0.6 is 0 Å². The smallest absolute Gasteiger partial charge is 0.225 e. The molecular weight excluding hydrogens is 237 g/mol. The van der Waals surface area contributed by atoms with Crippen LogP contribution < -0.4 is 4.74 Å². The molecule has 0 aromatic heterocycles. The zero-order chi connectivity index (χ0) is 13.7. The highest BCUT2D eigenvalue weighted by Crippen LogP contribution is 2.22. The number of aliphatic hydroxyl groups is 1. The molecule has 0 aliphatic rings. The quantitative estimate of drug-likeness (QED) is 0.871. The topological polar surface area (TPSA) is 49.8 Å². The molecule has 1 amide bonds. The van der Waals surface area contributed by atoms with E-state index in [2.05, 4.69) is 0 Å². The molecule has 5 heteroatoms. The summed E-state index contributed by atoms with van der Waals surface area (Å²) in [6.45, 7) is 1.69. The van der Waals surface area contributed by atoms with Crippen molar-refractivity contribution in [1.29, 1.82) is 0 Å². The first kappa shape index (κ1) is 14.4. The molecule has 1 aromatic carbocycles. The average Bonchev–Trinajstić information content (AvgIpc) is 2.30. The highest BCUT2D eigenvalue weighted by Gasteiger charge is 2.09. The maximum absolute atomic E-state index is 13.6. The van der Waals surface area contributed by atoms with Crippen molar-refractivity contribution in [3.05, 3.63) is 29.6 Å². The number of carbonyl (C=O) groups is 1. The van der Waals surface area contributed by atoms with Crippen LogP contribution in [0.3, 0.4) is 0 Å². The molecule has 0 bridgehead atoms. The molecule has 1 aromatic rings. The van der Waals surface area contributed by atoms with E-state index < -0.39 is 11.9 Å². The normalized spacial score (nSPS) is 12.1. The van der Waals surface area contributed by atoms with Crippen molar-refractivity contribution < 1.29 is 19.0 Å². The monoisotopic (exact) mass is 255 g/mol. The lowest BCUT2D eigenvalue weighted by atomic mass is 10.1. The first-order valence-corrected chi connectivity index (χ1v) is 5.72. The summed E-state index contributed by atoms with van der Waals surface area (Å²) in [6.07, 6.45) is -0.520. The van der Waals surface area contributed by atoms with Gasteiger partial charge in [-0.25, -0.2) is 4.39 Å². The van der Waals surface area contributed by atoms with Crippen molar-refractivity contribution in [1.82, 2.24) is 4.90 Å². The van der Waals surface area contributed by atoms with Gasteiger partial charge >= 0.3 is 0 Å². The summed E-state index contributed by atoms with van der Waals surface area (Å²) in [4.78, 5) is 12.7. The minimum absolute atomic E-state index is 0.0731. The van der Waals surface area contributed by atoms with Gasteiger partial charge in [0.25, 0.3) is 0 Å². The molecule has 0 aliphatic heterocycles. The third-order valence-corrected chi connectivity index (χ3v) is 2.51. The zero-order valence-electron chi connectivity index (χ0n) is 10.8. The van der Waals surface area contributed by atoms with E-state index in [-0.39, 0.29) is 24.7 Å². The Bertz CT molecular complexity index is 419. The Labute approximate surface area is 106 Å². The lowest BCUT2D eigenvalue weighted by molar-refractivity contribution is -0.129. The average molecular weight is 255 g/mol. The number of hydrogen-bond donors (Lipinski definition) is 1. The minimum atomic E-state index is -0.719. The molecule has 1 rings (SSSR count). The van der Waals surface area contributed by atoms with Gasteiger partial charge in [0.1, 0.15) is 0 Å². The highest BCUT2D eigenvalue weighted by molar-refractivity contribution is 5.75. The first-order chi connectivity index (χ1) is 8.41. The fraction of sp³-hybridized carbons (Fsp3) is 0.462. The van der Waals surface area contributed by atoms with Crippen molar-refractivity contribution in [3.8, 4) is 5.75 Å². The number of hydrogen-bond acceptors (Lipinski definition) is 3. The molecule has 0 unspecified atom stereocenters. The molecule has 0 heterocycles. The van der Waals surface area contributed by atoms with Gasteiger partial charge in [0.05, 0.1) is 19.1 Å². The van der Waals surface area contributed by atoms with E-state index in [1.807, 2.05) is 0 Å². The molecule has 1 N–H and O–H groups in total. The lowest BCUT2D eigenvalue weighted by Crippen LogP contribution is -2.23. The Kier molecular flexibility index (Phi) is 5.09. The Morgan fingerprint density at radius 1 is 1.50 bits per heavy atom. The second-order valence-electron chi connectivity index (χ2n) is 4.25.